The van der Waals surface area contributed by atoms with Gasteiger partial charge in [-0.25, -0.2) is 5.90 Å². The normalized spacial score (nSPS) is 17.1. The smallest absolute Gasteiger partial charge is 0.270 e. The minimum atomic E-state index is -0.395. The molecule has 0 spiro atoms. The highest BCUT2D eigenvalue weighted by atomic mass is 79.9. The molecule has 2 rings (SSSR count). The van der Waals surface area contributed by atoms with Crippen LogP contribution < -0.4 is 5.90 Å². The summed E-state index contributed by atoms with van der Waals surface area (Å²) in [6.45, 7) is 0.403. The molecule has 6 heteroatoms. The zero-order valence-corrected chi connectivity index (χ0v) is 10.1. The van der Waals surface area contributed by atoms with Crippen LogP contribution in [0, 0.1) is 10.1 Å². The molecule has 1 fully saturated rings. The van der Waals surface area contributed by atoms with Crippen molar-refractivity contribution in [1.29, 1.82) is 0 Å². The van der Waals surface area contributed by atoms with E-state index in [1.54, 1.807) is 6.07 Å². The summed E-state index contributed by atoms with van der Waals surface area (Å²) in [5.74, 6) is 5.08. The molecule has 0 amide bonds. The number of rotatable bonds is 4. The molecule has 0 heterocycles. The lowest BCUT2D eigenvalue weighted by Gasteiger charge is -2.13. The Kier molecular flexibility index (Phi) is 2.96. The number of hydrogen-bond acceptors (Lipinski definition) is 4. The van der Waals surface area contributed by atoms with Gasteiger partial charge in [0.25, 0.3) is 5.69 Å². The molecule has 0 atom stereocenters. The van der Waals surface area contributed by atoms with Crippen molar-refractivity contribution in [3.63, 3.8) is 0 Å². The number of benzene rings is 1. The fraction of sp³-hybridized carbons (Fsp3) is 0.400. The van der Waals surface area contributed by atoms with Gasteiger partial charge in [-0.3, -0.25) is 10.1 Å². The summed E-state index contributed by atoms with van der Waals surface area (Å²) in [7, 11) is 0. The first kappa shape index (κ1) is 11.5. The van der Waals surface area contributed by atoms with Crippen molar-refractivity contribution in [3.8, 4) is 0 Å². The predicted molar refractivity (Wildman–Crippen MR) is 61.8 cm³/mol. The van der Waals surface area contributed by atoms with Crippen molar-refractivity contribution in [3.05, 3.63) is 38.3 Å². The van der Waals surface area contributed by atoms with Gasteiger partial charge in [-0.1, -0.05) is 15.9 Å². The maximum Gasteiger partial charge on any atom is 0.270 e. The fourth-order valence-electron chi connectivity index (χ4n) is 1.81. The van der Waals surface area contributed by atoms with Crippen molar-refractivity contribution < 1.29 is 9.76 Å². The maximum absolute atomic E-state index is 10.7. The first-order chi connectivity index (χ1) is 7.57. The van der Waals surface area contributed by atoms with E-state index in [2.05, 4.69) is 20.8 Å². The van der Waals surface area contributed by atoms with Gasteiger partial charge in [-0.15, -0.1) is 0 Å². The Bertz CT molecular complexity index is 432. The van der Waals surface area contributed by atoms with Crippen molar-refractivity contribution in [1.82, 2.24) is 0 Å². The molecule has 1 aliphatic rings. The summed E-state index contributed by atoms with van der Waals surface area (Å²) >= 11 is 3.28. The summed E-state index contributed by atoms with van der Waals surface area (Å²) in [6.07, 6.45) is 1.91. The van der Waals surface area contributed by atoms with Crippen LogP contribution in [0.4, 0.5) is 5.69 Å². The van der Waals surface area contributed by atoms with Crippen LogP contribution in [-0.4, -0.2) is 11.5 Å². The number of nitrogens with two attached hydrogens (primary N) is 1. The predicted octanol–water partition coefficient (Wildman–Crippen LogP) is 2.28. The van der Waals surface area contributed by atoms with E-state index >= 15 is 0 Å². The molecule has 2 N–H and O–H groups in total. The number of non-ortho nitro benzene ring substituents is 1. The van der Waals surface area contributed by atoms with Crippen LogP contribution in [0.25, 0.3) is 0 Å². The molecule has 0 unspecified atom stereocenters. The summed E-state index contributed by atoms with van der Waals surface area (Å²) in [4.78, 5) is 15.0. The Labute approximate surface area is 101 Å². The first-order valence-electron chi connectivity index (χ1n) is 4.84. The van der Waals surface area contributed by atoms with Crippen molar-refractivity contribution in [2.45, 2.75) is 18.3 Å². The second kappa shape index (κ2) is 4.12. The highest BCUT2D eigenvalue weighted by Crippen LogP contribution is 2.49. The molecular weight excluding hydrogens is 276 g/mol. The van der Waals surface area contributed by atoms with E-state index in [0.717, 1.165) is 18.4 Å². The highest BCUT2D eigenvalue weighted by molar-refractivity contribution is 9.10. The molecule has 0 saturated heterocycles. The van der Waals surface area contributed by atoms with E-state index in [0.29, 0.717) is 11.1 Å². The SMILES string of the molecule is NOCC1(c2cc(Br)cc([N+](=O)[O-])c2)CC1. The van der Waals surface area contributed by atoms with Crippen LogP contribution in [0.1, 0.15) is 18.4 Å². The van der Waals surface area contributed by atoms with E-state index in [1.807, 2.05) is 6.07 Å². The topological polar surface area (TPSA) is 78.4 Å². The molecule has 0 aliphatic heterocycles. The van der Waals surface area contributed by atoms with Crippen LogP contribution in [0.15, 0.2) is 22.7 Å². The third kappa shape index (κ3) is 2.09. The lowest BCUT2D eigenvalue weighted by molar-refractivity contribution is -0.385. The summed E-state index contributed by atoms with van der Waals surface area (Å²) in [5, 5.41) is 10.7. The molecule has 0 radical (unpaired) electrons. The van der Waals surface area contributed by atoms with Crippen molar-refractivity contribution in [2.24, 2.45) is 5.90 Å². The molecule has 86 valence electrons. The van der Waals surface area contributed by atoms with Gasteiger partial charge in [-0.2, -0.15) is 0 Å². The summed E-state index contributed by atoms with van der Waals surface area (Å²) in [6, 6.07) is 4.97. The lowest BCUT2D eigenvalue weighted by Crippen LogP contribution is -2.18. The number of hydrogen-bond donors (Lipinski definition) is 1. The van der Waals surface area contributed by atoms with Gasteiger partial charge in [-0.05, 0) is 24.5 Å². The second-order valence-electron chi connectivity index (χ2n) is 4.05. The molecule has 1 aliphatic carbocycles. The Hall–Kier alpha value is -0.980. The minimum Gasteiger partial charge on any atom is -0.304 e. The van der Waals surface area contributed by atoms with Crippen molar-refractivity contribution >= 4 is 21.6 Å². The van der Waals surface area contributed by atoms with Crippen LogP contribution in [0.5, 0.6) is 0 Å². The number of nitrogens with zero attached hydrogens (tertiary/aromatic N) is 1. The average Bonchev–Trinajstić information content (AvgIpc) is 2.98. The van der Waals surface area contributed by atoms with Gasteiger partial charge in [0.2, 0.25) is 0 Å². The third-order valence-corrected chi connectivity index (χ3v) is 3.38. The number of nitro benzene ring substituents is 1. The Balaban J connectivity index is 2.38. The minimum absolute atomic E-state index is 0.0904. The third-order valence-electron chi connectivity index (χ3n) is 2.92. The second-order valence-corrected chi connectivity index (χ2v) is 4.96. The number of nitro groups is 1. The summed E-state index contributed by atoms with van der Waals surface area (Å²) < 4.78 is 0.708. The van der Waals surface area contributed by atoms with Gasteiger partial charge in [0, 0.05) is 22.0 Å². The highest BCUT2D eigenvalue weighted by Gasteiger charge is 2.45. The van der Waals surface area contributed by atoms with Gasteiger partial charge >= 0.3 is 0 Å². The molecule has 1 aromatic carbocycles. The zero-order chi connectivity index (χ0) is 11.8. The summed E-state index contributed by atoms with van der Waals surface area (Å²) in [5.41, 5.74) is 0.884. The first-order valence-corrected chi connectivity index (χ1v) is 5.64. The Morgan fingerprint density at radius 2 is 2.19 bits per heavy atom. The van der Waals surface area contributed by atoms with Crippen LogP contribution in [0.3, 0.4) is 0 Å². The van der Waals surface area contributed by atoms with Crippen LogP contribution in [0.2, 0.25) is 0 Å². The lowest BCUT2D eigenvalue weighted by atomic mass is 9.96. The van der Waals surface area contributed by atoms with E-state index in [9.17, 15) is 10.1 Å². The van der Waals surface area contributed by atoms with Gasteiger partial charge in [0.05, 0.1) is 11.5 Å². The zero-order valence-electron chi connectivity index (χ0n) is 8.48. The molecule has 0 bridgehead atoms. The van der Waals surface area contributed by atoms with Crippen LogP contribution in [-0.2, 0) is 10.3 Å². The standard InChI is InChI=1S/C10H11BrN2O3/c11-8-3-7(4-9(5-8)13(14)15)10(1-2-10)6-16-12/h3-5H,1-2,6,12H2. The van der Waals surface area contributed by atoms with Gasteiger partial charge in [0.15, 0.2) is 0 Å². The largest absolute Gasteiger partial charge is 0.304 e. The van der Waals surface area contributed by atoms with E-state index in [1.165, 1.54) is 6.07 Å². The number of halogens is 1. The molecular formula is C10H11BrN2O3. The van der Waals surface area contributed by atoms with Gasteiger partial charge in [0.1, 0.15) is 0 Å². The van der Waals surface area contributed by atoms with Crippen LogP contribution >= 0.6 is 15.9 Å². The van der Waals surface area contributed by atoms with Crippen molar-refractivity contribution in [2.75, 3.05) is 6.61 Å². The quantitative estimate of drug-likeness (QED) is 0.680. The molecule has 5 nitrogen and oxygen atoms in total. The monoisotopic (exact) mass is 286 g/mol. The van der Waals surface area contributed by atoms with E-state index in [4.69, 9.17) is 5.90 Å². The average molecular weight is 287 g/mol. The Morgan fingerprint density at radius 3 is 2.69 bits per heavy atom. The van der Waals surface area contributed by atoms with E-state index < -0.39 is 4.92 Å². The molecule has 16 heavy (non-hydrogen) atoms. The molecule has 1 aromatic rings. The van der Waals surface area contributed by atoms with E-state index in [-0.39, 0.29) is 11.1 Å². The van der Waals surface area contributed by atoms with Gasteiger partial charge < -0.3 is 4.84 Å². The molecule has 0 aromatic heterocycles. The molecule has 1 saturated carbocycles. The Morgan fingerprint density at radius 1 is 1.50 bits per heavy atom. The fourth-order valence-corrected chi connectivity index (χ4v) is 2.29. The maximum atomic E-state index is 10.7.